The summed E-state index contributed by atoms with van der Waals surface area (Å²) in [6.45, 7) is 3.84. The molecule has 1 heterocycles. The second-order valence-corrected chi connectivity index (χ2v) is 8.16. The van der Waals surface area contributed by atoms with Crippen molar-refractivity contribution in [2.45, 2.75) is 24.3 Å². The van der Waals surface area contributed by atoms with E-state index in [0.29, 0.717) is 11.0 Å². The Bertz CT molecular complexity index is 1170. The maximum Gasteiger partial charge on any atom is 0.237 e. The van der Waals surface area contributed by atoms with Crippen LogP contribution in [0.25, 0.3) is 22.2 Å². The molecule has 0 radical (unpaired) electrons. The molecule has 0 bridgehead atoms. The first-order chi connectivity index (χ1) is 14.0. The van der Waals surface area contributed by atoms with Gasteiger partial charge >= 0.3 is 0 Å². The van der Waals surface area contributed by atoms with Crippen LogP contribution in [0.2, 0.25) is 0 Å². The van der Waals surface area contributed by atoms with Gasteiger partial charge in [0.2, 0.25) is 11.1 Å². The second kappa shape index (κ2) is 7.97. The summed E-state index contributed by atoms with van der Waals surface area (Å²) in [7, 11) is 0. The number of aromatic nitrogens is 3. The van der Waals surface area contributed by atoms with Crippen molar-refractivity contribution in [2.75, 3.05) is 11.2 Å². The Labute approximate surface area is 173 Å². The third-order valence-electron chi connectivity index (χ3n) is 4.64. The van der Waals surface area contributed by atoms with Crippen LogP contribution in [0, 0.1) is 6.92 Å². The molecule has 4 aromatic rings. The smallest absolute Gasteiger partial charge is 0.237 e. The van der Waals surface area contributed by atoms with Crippen LogP contribution in [-0.2, 0) is 4.79 Å². The number of anilines is 1. The molecule has 0 saturated carbocycles. The van der Waals surface area contributed by atoms with E-state index < -0.39 is 0 Å². The highest BCUT2D eigenvalue weighted by Crippen LogP contribution is 2.26. The summed E-state index contributed by atoms with van der Waals surface area (Å²) in [5, 5.41) is 13.6. The Morgan fingerprint density at radius 2 is 1.76 bits per heavy atom. The summed E-state index contributed by atoms with van der Waals surface area (Å²) in [5.41, 5.74) is 2.80. The quantitative estimate of drug-likeness (QED) is 0.384. The molecule has 7 heteroatoms. The molecule has 1 atom stereocenters. The SMILES string of the molecule is Cc1ccc(-c2nnc(SC(C)C(=O)Nc3ccc4ccccc4c3)n2N)cc1. The fourth-order valence-electron chi connectivity index (χ4n) is 2.98. The van der Waals surface area contributed by atoms with Crippen molar-refractivity contribution < 1.29 is 4.79 Å². The minimum atomic E-state index is -0.390. The first-order valence-corrected chi connectivity index (χ1v) is 10.1. The first-order valence-electron chi connectivity index (χ1n) is 9.25. The average Bonchev–Trinajstić information content (AvgIpc) is 3.08. The van der Waals surface area contributed by atoms with E-state index in [4.69, 9.17) is 5.84 Å². The number of carbonyl (C=O) groups excluding carboxylic acids is 1. The molecule has 0 aliphatic carbocycles. The summed E-state index contributed by atoms with van der Waals surface area (Å²) >= 11 is 1.27. The third kappa shape index (κ3) is 4.09. The van der Waals surface area contributed by atoms with Crippen LogP contribution in [0.1, 0.15) is 12.5 Å². The van der Waals surface area contributed by atoms with Gasteiger partial charge < -0.3 is 11.2 Å². The van der Waals surface area contributed by atoms with Gasteiger partial charge in [-0.25, -0.2) is 4.68 Å². The Morgan fingerprint density at radius 1 is 1.03 bits per heavy atom. The molecule has 0 aliphatic rings. The van der Waals surface area contributed by atoms with Gasteiger partial charge in [-0.05, 0) is 36.8 Å². The minimum Gasteiger partial charge on any atom is -0.335 e. The van der Waals surface area contributed by atoms with E-state index in [1.165, 1.54) is 16.4 Å². The molecule has 146 valence electrons. The van der Waals surface area contributed by atoms with Crippen molar-refractivity contribution in [2.24, 2.45) is 0 Å². The van der Waals surface area contributed by atoms with E-state index in [9.17, 15) is 4.79 Å². The molecule has 4 rings (SSSR count). The Morgan fingerprint density at radius 3 is 2.52 bits per heavy atom. The van der Waals surface area contributed by atoms with Crippen molar-refractivity contribution in [3.63, 3.8) is 0 Å². The van der Waals surface area contributed by atoms with Crippen LogP contribution < -0.4 is 11.2 Å². The van der Waals surface area contributed by atoms with Crippen LogP contribution in [0.15, 0.2) is 71.9 Å². The summed E-state index contributed by atoms with van der Waals surface area (Å²) < 4.78 is 1.43. The molecule has 0 fully saturated rings. The highest BCUT2D eigenvalue weighted by Gasteiger charge is 2.20. The van der Waals surface area contributed by atoms with Gasteiger partial charge in [-0.15, -0.1) is 10.2 Å². The Balaban J connectivity index is 1.46. The van der Waals surface area contributed by atoms with Crippen molar-refractivity contribution in [3.05, 3.63) is 72.3 Å². The number of nitrogen functional groups attached to an aromatic ring is 1. The second-order valence-electron chi connectivity index (χ2n) is 6.85. The third-order valence-corrected chi connectivity index (χ3v) is 5.70. The fraction of sp³-hybridized carbons (Fsp3) is 0.136. The molecule has 1 aromatic heterocycles. The zero-order valence-corrected chi connectivity index (χ0v) is 17.0. The number of nitrogens with two attached hydrogens (primary N) is 1. The standard InChI is InChI=1S/C22H21N5OS/c1-14-7-9-17(10-8-14)20-25-26-22(27(20)23)29-15(2)21(28)24-19-12-11-16-5-3-4-6-18(16)13-19/h3-13,15H,23H2,1-2H3,(H,24,28). The van der Waals surface area contributed by atoms with Crippen molar-refractivity contribution in [1.29, 1.82) is 0 Å². The van der Waals surface area contributed by atoms with E-state index in [2.05, 4.69) is 15.5 Å². The van der Waals surface area contributed by atoms with Crippen molar-refractivity contribution >= 4 is 34.1 Å². The molecule has 6 nitrogen and oxygen atoms in total. The zero-order chi connectivity index (χ0) is 20.4. The maximum absolute atomic E-state index is 12.6. The van der Waals surface area contributed by atoms with Gasteiger partial charge in [-0.1, -0.05) is 71.9 Å². The molecule has 3 N–H and O–H groups in total. The number of hydrogen-bond donors (Lipinski definition) is 2. The normalized spacial score (nSPS) is 12.1. The Hall–Kier alpha value is -3.32. The van der Waals surface area contributed by atoms with Crippen molar-refractivity contribution in [1.82, 2.24) is 14.9 Å². The summed E-state index contributed by atoms with van der Waals surface area (Å²) in [4.78, 5) is 12.6. The molecule has 0 saturated heterocycles. The number of nitrogens with zero attached hydrogens (tertiary/aromatic N) is 3. The first kappa shape index (κ1) is 19.0. The average molecular weight is 404 g/mol. The highest BCUT2D eigenvalue weighted by molar-refractivity contribution is 8.00. The molecule has 3 aromatic carbocycles. The van der Waals surface area contributed by atoms with Crippen LogP contribution >= 0.6 is 11.8 Å². The van der Waals surface area contributed by atoms with E-state index in [1.54, 1.807) is 0 Å². The number of thioether (sulfide) groups is 1. The number of amides is 1. The van der Waals surface area contributed by atoms with Gasteiger partial charge in [0.1, 0.15) is 0 Å². The van der Waals surface area contributed by atoms with Gasteiger partial charge in [0.15, 0.2) is 5.82 Å². The number of benzene rings is 3. The van der Waals surface area contributed by atoms with E-state index in [-0.39, 0.29) is 11.2 Å². The van der Waals surface area contributed by atoms with Crippen LogP contribution in [0.3, 0.4) is 0 Å². The van der Waals surface area contributed by atoms with Crippen molar-refractivity contribution in [3.8, 4) is 11.4 Å². The van der Waals surface area contributed by atoms with Gasteiger partial charge in [0.25, 0.3) is 0 Å². The topological polar surface area (TPSA) is 85.8 Å². The number of carbonyl (C=O) groups is 1. The monoisotopic (exact) mass is 403 g/mol. The molecular weight excluding hydrogens is 382 g/mol. The highest BCUT2D eigenvalue weighted by atomic mass is 32.2. The Kier molecular flexibility index (Phi) is 5.22. The maximum atomic E-state index is 12.6. The van der Waals surface area contributed by atoms with Gasteiger partial charge in [0.05, 0.1) is 5.25 Å². The van der Waals surface area contributed by atoms with E-state index >= 15 is 0 Å². The summed E-state index contributed by atoms with van der Waals surface area (Å²) in [5.74, 6) is 6.62. The number of hydrogen-bond acceptors (Lipinski definition) is 5. The van der Waals surface area contributed by atoms with E-state index in [0.717, 1.165) is 27.6 Å². The number of nitrogens with one attached hydrogen (secondary N) is 1. The molecule has 0 spiro atoms. The summed E-state index contributed by atoms with van der Waals surface area (Å²) in [6, 6.07) is 21.8. The van der Waals surface area contributed by atoms with Gasteiger partial charge in [-0.3, -0.25) is 4.79 Å². The lowest BCUT2D eigenvalue weighted by molar-refractivity contribution is -0.115. The molecule has 0 aliphatic heterocycles. The molecule has 29 heavy (non-hydrogen) atoms. The summed E-state index contributed by atoms with van der Waals surface area (Å²) in [6.07, 6.45) is 0. The number of aryl methyl sites for hydroxylation is 1. The van der Waals surface area contributed by atoms with Gasteiger partial charge in [-0.2, -0.15) is 0 Å². The predicted octanol–water partition coefficient (Wildman–Crippen LogP) is 4.24. The molecule has 1 amide bonds. The lowest BCUT2D eigenvalue weighted by Gasteiger charge is -2.12. The largest absolute Gasteiger partial charge is 0.335 e. The minimum absolute atomic E-state index is 0.120. The fourth-order valence-corrected chi connectivity index (χ4v) is 3.75. The van der Waals surface area contributed by atoms with Crippen LogP contribution in [-0.4, -0.2) is 26.0 Å². The van der Waals surface area contributed by atoms with Crippen LogP contribution in [0.4, 0.5) is 5.69 Å². The zero-order valence-electron chi connectivity index (χ0n) is 16.2. The lowest BCUT2D eigenvalue weighted by atomic mass is 10.1. The van der Waals surface area contributed by atoms with Gasteiger partial charge in [0, 0.05) is 11.3 Å². The van der Waals surface area contributed by atoms with E-state index in [1.807, 2.05) is 80.6 Å². The molecule has 1 unspecified atom stereocenters. The number of rotatable bonds is 5. The lowest BCUT2D eigenvalue weighted by Crippen LogP contribution is -2.23. The molecular formula is C22H21N5OS. The number of fused-ring (bicyclic) bond motifs is 1. The predicted molar refractivity (Wildman–Crippen MR) is 118 cm³/mol. The van der Waals surface area contributed by atoms with Crippen LogP contribution in [0.5, 0.6) is 0 Å².